The summed E-state index contributed by atoms with van der Waals surface area (Å²) in [4.78, 5) is 2.16. The fraction of sp³-hybridized carbons (Fsp3) is 0.538. The van der Waals surface area contributed by atoms with Gasteiger partial charge in [-0.3, -0.25) is 4.55 Å². The van der Waals surface area contributed by atoms with Crippen LogP contribution in [-0.2, 0) is 10.1 Å². The predicted molar refractivity (Wildman–Crippen MR) is 79.1 cm³/mol. The molecule has 0 heterocycles. The summed E-state index contributed by atoms with van der Waals surface area (Å²) in [5.74, 6) is -0.175. The van der Waals surface area contributed by atoms with Gasteiger partial charge in [0.25, 0.3) is 10.1 Å². The first-order valence-electron chi connectivity index (χ1n) is 6.39. The van der Waals surface area contributed by atoms with E-state index in [0.29, 0.717) is 6.42 Å². The largest absolute Gasteiger partial charge is 0.399 e. The van der Waals surface area contributed by atoms with Crippen molar-refractivity contribution in [2.45, 2.75) is 26.7 Å². The molecule has 1 rings (SSSR count). The number of nitrogen functional groups attached to an aromatic ring is 1. The molecule has 5 nitrogen and oxygen atoms in total. The van der Waals surface area contributed by atoms with E-state index in [0.717, 1.165) is 36.4 Å². The van der Waals surface area contributed by atoms with Gasteiger partial charge in [-0.15, -0.1) is 0 Å². The molecule has 3 N–H and O–H groups in total. The highest BCUT2D eigenvalue weighted by molar-refractivity contribution is 7.85. The molecular formula is C13H22N2O3S. The second-order valence-corrected chi connectivity index (χ2v) is 6.19. The van der Waals surface area contributed by atoms with E-state index in [1.807, 2.05) is 25.1 Å². The Morgan fingerprint density at radius 3 is 2.53 bits per heavy atom. The van der Waals surface area contributed by atoms with Gasteiger partial charge in [0.05, 0.1) is 5.75 Å². The van der Waals surface area contributed by atoms with E-state index >= 15 is 0 Å². The Kier molecular flexibility index (Phi) is 5.62. The molecule has 0 atom stereocenters. The van der Waals surface area contributed by atoms with Crippen LogP contribution in [0.15, 0.2) is 18.2 Å². The molecule has 0 saturated carbocycles. The van der Waals surface area contributed by atoms with Crippen LogP contribution in [0.25, 0.3) is 0 Å². The molecule has 0 amide bonds. The first kappa shape index (κ1) is 15.8. The van der Waals surface area contributed by atoms with Crippen LogP contribution < -0.4 is 10.6 Å². The normalized spacial score (nSPS) is 11.5. The van der Waals surface area contributed by atoms with Gasteiger partial charge in [0.2, 0.25) is 0 Å². The topological polar surface area (TPSA) is 83.6 Å². The highest BCUT2D eigenvalue weighted by Gasteiger charge is 2.07. The molecule has 0 saturated heterocycles. The van der Waals surface area contributed by atoms with Crippen molar-refractivity contribution in [1.82, 2.24) is 0 Å². The highest BCUT2D eigenvalue weighted by atomic mass is 32.2. The molecule has 0 fully saturated rings. The van der Waals surface area contributed by atoms with Crippen LogP contribution in [0.3, 0.4) is 0 Å². The van der Waals surface area contributed by atoms with Gasteiger partial charge in [0, 0.05) is 24.5 Å². The number of benzene rings is 1. The molecule has 0 unspecified atom stereocenters. The van der Waals surface area contributed by atoms with Crippen LogP contribution in [-0.4, -0.2) is 31.8 Å². The number of nitrogens with two attached hydrogens (primary N) is 1. The lowest BCUT2D eigenvalue weighted by atomic mass is 10.1. The van der Waals surface area contributed by atoms with Gasteiger partial charge in [-0.05, 0) is 50.5 Å². The van der Waals surface area contributed by atoms with E-state index < -0.39 is 10.1 Å². The van der Waals surface area contributed by atoms with Crippen molar-refractivity contribution in [2.24, 2.45) is 0 Å². The zero-order valence-electron chi connectivity index (χ0n) is 11.5. The molecule has 0 spiro atoms. The zero-order chi connectivity index (χ0) is 14.5. The van der Waals surface area contributed by atoms with Crippen molar-refractivity contribution < 1.29 is 13.0 Å². The van der Waals surface area contributed by atoms with Gasteiger partial charge < -0.3 is 10.6 Å². The molecule has 1 aromatic rings. The van der Waals surface area contributed by atoms with E-state index in [1.54, 1.807) is 0 Å². The Morgan fingerprint density at radius 2 is 2.00 bits per heavy atom. The molecule has 19 heavy (non-hydrogen) atoms. The van der Waals surface area contributed by atoms with Crippen LogP contribution >= 0.6 is 0 Å². The van der Waals surface area contributed by atoms with Gasteiger partial charge in [0.1, 0.15) is 0 Å². The van der Waals surface area contributed by atoms with Crippen LogP contribution in [0.4, 0.5) is 11.4 Å². The summed E-state index contributed by atoms with van der Waals surface area (Å²) in [6, 6.07) is 5.88. The minimum Gasteiger partial charge on any atom is -0.399 e. The highest BCUT2D eigenvalue weighted by Crippen LogP contribution is 2.20. The molecule has 0 bridgehead atoms. The van der Waals surface area contributed by atoms with Gasteiger partial charge in [-0.1, -0.05) is 0 Å². The molecule has 0 aliphatic heterocycles. The van der Waals surface area contributed by atoms with Gasteiger partial charge in [-0.2, -0.15) is 8.42 Å². The van der Waals surface area contributed by atoms with Crippen molar-refractivity contribution in [2.75, 3.05) is 29.5 Å². The Balaban J connectivity index is 2.56. The van der Waals surface area contributed by atoms with E-state index in [2.05, 4.69) is 11.8 Å². The Morgan fingerprint density at radius 1 is 1.32 bits per heavy atom. The molecule has 1 aromatic carbocycles. The maximum absolute atomic E-state index is 10.6. The minimum atomic E-state index is -3.84. The van der Waals surface area contributed by atoms with Gasteiger partial charge in [-0.25, -0.2) is 0 Å². The lowest BCUT2D eigenvalue weighted by Gasteiger charge is -2.23. The van der Waals surface area contributed by atoms with Crippen molar-refractivity contribution >= 4 is 21.5 Å². The van der Waals surface area contributed by atoms with Crippen molar-refractivity contribution in [3.8, 4) is 0 Å². The molecule has 0 aliphatic carbocycles. The number of rotatable bonds is 7. The average molecular weight is 286 g/mol. The maximum atomic E-state index is 10.6. The lowest BCUT2D eigenvalue weighted by Crippen LogP contribution is -2.24. The SMILES string of the molecule is CCN(CCCCS(=O)(=O)O)c1ccc(N)c(C)c1. The van der Waals surface area contributed by atoms with Crippen molar-refractivity contribution in [1.29, 1.82) is 0 Å². The van der Waals surface area contributed by atoms with E-state index in [4.69, 9.17) is 10.3 Å². The summed E-state index contributed by atoms with van der Waals surface area (Å²) in [5.41, 5.74) is 8.68. The fourth-order valence-electron chi connectivity index (χ4n) is 1.91. The number of unbranched alkanes of at least 4 members (excludes halogenated alkanes) is 1. The Hall–Kier alpha value is -1.27. The summed E-state index contributed by atoms with van der Waals surface area (Å²) in [7, 11) is -3.84. The fourth-order valence-corrected chi connectivity index (χ4v) is 2.48. The van der Waals surface area contributed by atoms with Crippen molar-refractivity contribution in [3.63, 3.8) is 0 Å². The van der Waals surface area contributed by atoms with Crippen molar-refractivity contribution in [3.05, 3.63) is 23.8 Å². The van der Waals surface area contributed by atoms with E-state index in [1.165, 1.54) is 0 Å². The molecule has 0 aliphatic rings. The lowest BCUT2D eigenvalue weighted by molar-refractivity contribution is 0.480. The monoisotopic (exact) mass is 286 g/mol. The third kappa shape index (κ3) is 5.48. The first-order valence-corrected chi connectivity index (χ1v) is 8.00. The summed E-state index contributed by atoms with van der Waals surface area (Å²) >= 11 is 0. The summed E-state index contributed by atoms with van der Waals surface area (Å²) in [6.07, 6.45) is 1.18. The summed E-state index contributed by atoms with van der Waals surface area (Å²) in [5, 5.41) is 0. The van der Waals surface area contributed by atoms with Gasteiger partial charge >= 0.3 is 0 Å². The summed E-state index contributed by atoms with van der Waals surface area (Å²) in [6.45, 7) is 5.62. The summed E-state index contributed by atoms with van der Waals surface area (Å²) < 4.78 is 29.9. The molecule has 6 heteroatoms. The predicted octanol–water partition coefficient (Wildman–Crippen LogP) is 2.07. The molecule has 0 radical (unpaired) electrons. The van der Waals surface area contributed by atoms with Crippen LogP contribution in [0, 0.1) is 6.92 Å². The maximum Gasteiger partial charge on any atom is 0.264 e. The smallest absolute Gasteiger partial charge is 0.264 e. The third-order valence-electron chi connectivity index (χ3n) is 3.08. The van der Waals surface area contributed by atoms with Crippen LogP contribution in [0.5, 0.6) is 0 Å². The third-order valence-corrected chi connectivity index (χ3v) is 3.89. The molecule has 0 aromatic heterocycles. The van der Waals surface area contributed by atoms with E-state index in [-0.39, 0.29) is 5.75 Å². The van der Waals surface area contributed by atoms with Crippen LogP contribution in [0.2, 0.25) is 0 Å². The molecule has 108 valence electrons. The number of nitrogens with zero attached hydrogens (tertiary/aromatic N) is 1. The Bertz CT molecular complexity index is 515. The quantitative estimate of drug-likeness (QED) is 0.455. The number of hydrogen-bond acceptors (Lipinski definition) is 4. The zero-order valence-corrected chi connectivity index (χ0v) is 12.3. The minimum absolute atomic E-state index is 0.175. The number of hydrogen-bond donors (Lipinski definition) is 2. The molecular weight excluding hydrogens is 264 g/mol. The average Bonchev–Trinajstić information content (AvgIpc) is 2.32. The van der Waals surface area contributed by atoms with E-state index in [9.17, 15) is 8.42 Å². The number of anilines is 2. The van der Waals surface area contributed by atoms with Crippen LogP contribution in [0.1, 0.15) is 25.3 Å². The second kappa shape index (κ2) is 6.77. The first-order chi connectivity index (χ1) is 8.83. The standard InChI is InChI=1S/C13H22N2O3S/c1-3-15(8-4-5-9-19(16,17)18)12-6-7-13(14)11(2)10-12/h6-7,10H,3-5,8-9,14H2,1-2H3,(H,16,17,18). The Labute approximate surface area is 115 Å². The second-order valence-electron chi connectivity index (χ2n) is 4.61. The van der Waals surface area contributed by atoms with Gasteiger partial charge in [0.15, 0.2) is 0 Å². The number of aryl methyl sites for hydroxylation is 1.